The highest BCUT2D eigenvalue weighted by Crippen LogP contribution is 2.48. The number of rotatable bonds is 94. The SMILES string of the molecule is CC[C@@]1(O)C(=O)OCc2c1cc1n(c2=O)Cc2c-1nc1cc(F)c(C)c3c1c2[C@@H](NC(=O)COP(=O)(O)OCc1ccc(NC(=O)[C@H](CCCNC(N)=O)NC(=O)[C@@H](N)C(C)C)cc1CN(C)C(=O)NCCOCCOCCOCCOCCOCCOCCOCCOCCOCCOCCOCCOCCOCCOCCOCCOCCOCCOCCOCCOCCOCCOCCOCCOCCC(=O)O)CC3. The van der Waals surface area contributed by atoms with Crippen LogP contribution in [0.25, 0.3) is 22.3 Å². The Bertz CT molecular complexity index is 4600. The van der Waals surface area contributed by atoms with E-state index >= 15 is 4.39 Å². The van der Waals surface area contributed by atoms with Gasteiger partial charge in [0.1, 0.15) is 25.1 Å². The predicted octanol–water partition coefficient (Wildman–Crippen LogP) is 2.83. The zero-order valence-corrected chi connectivity index (χ0v) is 87.6. The average Bonchev–Trinajstić information content (AvgIpc) is 1.57. The van der Waals surface area contributed by atoms with E-state index < -0.39 is 97.9 Å². The lowest BCUT2D eigenvalue weighted by Crippen LogP contribution is -2.51. The highest BCUT2D eigenvalue weighted by atomic mass is 31.2. The largest absolute Gasteiger partial charge is 0.481 e. The van der Waals surface area contributed by atoms with Crippen LogP contribution in [-0.2, 0) is 194 Å². The number of anilines is 1. The smallest absolute Gasteiger partial charge is 0.473 e. The van der Waals surface area contributed by atoms with Crippen molar-refractivity contribution in [3.63, 3.8) is 0 Å². The van der Waals surface area contributed by atoms with Gasteiger partial charge in [0.05, 0.1) is 371 Å². The zero-order chi connectivity index (χ0) is 107. The second-order valence-corrected chi connectivity index (χ2v) is 35.6. The Kier molecular flexibility index (Phi) is 66.0. The maximum absolute atomic E-state index is 15.6. The van der Waals surface area contributed by atoms with E-state index in [1.807, 2.05) is 0 Å². The second kappa shape index (κ2) is 77.1. The van der Waals surface area contributed by atoms with Crippen molar-refractivity contribution in [2.24, 2.45) is 17.4 Å². The van der Waals surface area contributed by atoms with Gasteiger partial charge in [-0.3, -0.25) is 33.0 Å². The number of amides is 7. The van der Waals surface area contributed by atoms with Crippen molar-refractivity contribution in [3.05, 3.63) is 91.0 Å². The quantitative estimate of drug-likeness (QED) is 0.0152. The number of primary amides is 1. The molecule has 0 saturated carbocycles. The molecule has 5 atom stereocenters. The van der Waals surface area contributed by atoms with Crippen LogP contribution < -0.4 is 43.6 Å². The van der Waals surface area contributed by atoms with Gasteiger partial charge in [-0.25, -0.2) is 28.3 Å². The molecule has 4 aromatic rings. The van der Waals surface area contributed by atoms with E-state index in [-0.39, 0.29) is 137 Å². The molecule has 12 N–H and O–H groups in total. The maximum Gasteiger partial charge on any atom is 0.473 e. The summed E-state index contributed by atoms with van der Waals surface area (Å²) in [6, 6.07) is 2.98. The third-order valence-electron chi connectivity index (χ3n) is 22.8. The van der Waals surface area contributed by atoms with E-state index in [0.29, 0.717) is 330 Å². The lowest BCUT2D eigenvalue weighted by atomic mass is 9.81. The Balaban J connectivity index is 0.616. The number of aliphatic carboxylic acids is 1. The van der Waals surface area contributed by atoms with Gasteiger partial charge in [0.25, 0.3) is 5.56 Å². The molecule has 3 aliphatic rings. The van der Waals surface area contributed by atoms with Crippen LogP contribution in [0.5, 0.6) is 0 Å². The van der Waals surface area contributed by atoms with E-state index in [1.165, 1.54) is 46.8 Å². The van der Waals surface area contributed by atoms with Gasteiger partial charge in [0.15, 0.2) is 5.60 Å². The Morgan fingerprint density at radius 3 is 1.36 bits per heavy atom. The summed E-state index contributed by atoms with van der Waals surface area (Å²) in [6.45, 7) is 24.3. The van der Waals surface area contributed by atoms with Crippen molar-refractivity contribution in [1.82, 2.24) is 35.7 Å². The number of nitrogens with zero attached hydrogens (tertiary/aromatic N) is 3. The van der Waals surface area contributed by atoms with Crippen LogP contribution in [-0.4, -0.2) is 427 Å². The van der Waals surface area contributed by atoms with Crippen molar-refractivity contribution in [3.8, 4) is 11.4 Å². The van der Waals surface area contributed by atoms with E-state index in [0.717, 1.165) is 0 Å². The number of aryl methyl sites for hydroxylation is 1. The molecular weight excluding hydrogens is 1990 g/mol. The number of aliphatic hydroxyl groups is 1. The molecule has 7 amide bonds. The number of aromatic nitrogens is 2. The third-order valence-corrected chi connectivity index (χ3v) is 23.8. The van der Waals surface area contributed by atoms with Crippen LogP contribution >= 0.6 is 7.82 Å². The lowest BCUT2D eigenvalue weighted by Gasteiger charge is -2.31. The number of cyclic esters (lactones) is 1. The monoisotopic (exact) mass is 2150 g/mol. The first kappa shape index (κ1) is 128. The Morgan fingerprint density at radius 2 is 0.960 bits per heavy atom. The molecule has 2 aromatic carbocycles. The van der Waals surface area contributed by atoms with Gasteiger partial charge in [0.2, 0.25) is 17.7 Å². The summed E-state index contributed by atoms with van der Waals surface area (Å²) in [6.07, 6.45) is 0.695. The van der Waals surface area contributed by atoms with E-state index in [9.17, 15) is 52.9 Å². The van der Waals surface area contributed by atoms with Crippen molar-refractivity contribution in [2.75, 3.05) is 349 Å². The number of carbonyl (C=O) groups is 7. The zero-order valence-electron chi connectivity index (χ0n) is 86.7. The number of nitrogens with one attached hydrogen (secondary N) is 5. The molecule has 149 heavy (non-hydrogen) atoms. The maximum atomic E-state index is 15.6. The number of phosphoric ester groups is 1. The normalized spacial score (nSPS) is 14.9. The van der Waals surface area contributed by atoms with Gasteiger partial charge in [-0.05, 0) is 91.0 Å². The van der Waals surface area contributed by atoms with Crippen LogP contribution in [0.15, 0.2) is 35.1 Å². The van der Waals surface area contributed by atoms with E-state index in [4.69, 9.17) is 149 Å². The molecule has 1 aliphatic carbocycles. The van der Waals surface area contributed by atoms with Gasteiger partial charge in [-0.15, -0.1) is 0 Å². The summed E-state index contributed by atoms with van der Waals surface area (Å²) in [5, 5.41) is 34.2. The Labute approximate surface area is 868 Å². The number of carbonyl (C=O) groups excluding carboxylic acids is 6. The number of hydrogen-bond acceptors (Lipinski definition) is 39. The summed E-state index contributed by atoms with van der Waals surface area (Å²) in [5.74, 6) is -4.69. The van der Waals surface area contributed by atoms with Crippen LogP contribution in [0, 0.1) is 18.7 Å². The van der Waals surface area contributed by atoms with Crippen LogP contribution in [0.1, 0.15) is 103 Å². The molecule has 0 saturated heterocycles. The molecule has 51 heteroatoms. The first-order chi connectivity index (χ1) is 72.3. The van der Waals surface area contributed by atoms with Crippen molar-refractivity contribution < 1.29 is 185 Å². The second-order valence-electron chi connectivity index (χ2n) is 34.2. The molecule has 2 aliphatic heterocycles. The molecule has 1 unspecified atom stereocenters. The predicted molar refractivity (Wildman–Crippen MR) is 532 cm³/mol. The summed E-state index contributed by atoms with van der Waals surface area (Å²) >= 11 is 0. The van der Waals surface area contributed by atoms with Crippen LogP contribution in [0.2, 0.25) is 0 Å². The summed E-state index contributed by atoms with van der Waals surface area (Å²) in [4.78, 5) is 121. The number of benzene rings is 2. The van der Waals surface area contributed by atoms with Crippen LogP contribution in [0.3, 0.4) is 0 Å². The molecule has 846 valence electrons. The minimum absolute atomic E-state index is 0.0203. The molecule has 7 rings (SSSR count). The van der Waals surface area contributed by atoms with E-state index in [2.05, 4.69) is 26.6 Å². The number of pyridine rings is 2. The number of fused-ring (bicyclic) bond motifs is 5. The minimum Gasteiger partial charge on any atom is -0.481 e. The molecule has 4 heterocycles. The number of ether oxygens (including phenoxy) is 25. The average molecular weight is 2150 g/mol. The number of halogens is 1. The highest BCUT2D eigenvalue weighted by Gasteiger charge is 2.46. The minimum atomic E-state index is -5.10. The first-order valence-electron chi connectivity index (χ1n) is 50.6. The lowest BCUT2D eigenvalue weighted by molar-refractivity contribution is -0.172. The van der Waals surface area contributed by atoms with Gasteiger partial charge in [0, 0.05) is 54.9 Å². The molecule has 0 radical (unpaired) electrons. The fourth-order valence-corrected chi connectivity index (χ4v) is 15.5. The summed E-state index contributed by atoms with van der Waals surface area (Å²) < 4.78 is 179. The van der Waals surface area contributed by atoms with Gasteiger partial charge < -0.3 is 181 Å². The number of carboxylic acid groups (broad SMARTS) is 1. The number of hydrogen-bond donors (Lipinski definition) is 10. The fourth-order valence-electron chi connectivity index (χ4n) is 14.9. The summed E-state index contributed by atoms with van der Waals surface area (Å²) in [7, 11) is -3.62. The number of nitrogens with two attached hydrogens (primary N) is 2. The molecular formula is C98H158FN10O39P. The van der Waals surface area contributed by atoms with Crippen molar-refractivity contribution >= 4 is 66.1 Å². The molecule has 49 nitrogen and oxygen atoms in total. The number of phosphoric acid groups is 1. The summed E-state index contributed by atoms with van der Waals surface area (Å²) in [5.41, 5.74) is 12.5. The topological polar surface area (TPSA) is 597 Å². The van der Waals surface area contributed by atoms with Gasteiger partial charge in [-0.2, -0.15) is 0 Å². The first-order valence-corrected chi connectivity index (χ1v) is 52.1. The Hall–Kier alpha value is -8.31. The van der Waals surface area contributed by atoms with Crippen LogP contribution in [0.4, 0.5) is 19.7 Å². The number of carboxylic acids is 1. The number of esters is 1. The fraction of sp³-hybridized carbons (Fsp3) is 0.724. The van der Waals surface area contributed by atoms with Crippen molar-refractivity contribution in [1.29, 1.82) is 0 Å². The van der Waals surface area contributed by atoms with Crippen molar-refractivity contribution in [2.45, 2.75) is 116 Å². The standard InChI is InChI=1S/C98H158FN10O39P/c1-6-98(119)80-65-85-91-78(68-109(85)94(115)79(80)70-146-95(98)116)89-82(12-11-77-73(4)81(99)66-84(106-91)88(77)89)105-86(110)71-148-149(120,121)147-69-74-9-10-76(104-92(113)83(8-7-14-102-96(101)117)107-93(114)90(100)72(2)3)64-75(74)67-108(5)97(118)103-15-17-123-19-21-125-23-25-127-27-29-129-31-33-131-35-37-133-39-41-135-43-45-137-47-49-139-51-53-141-55-57-143-59-61-145-63-62-144-60-58-142-56-54-140-52-50-138-48-46-136-44-42-134-40-38-132-36-34-130-32-30-128-28-26-126-24-22-124-20-18-122-16-13-87(111)112/h9-10,64-66,72,82-83,90,119H,6-8,11-63,67-71,100H2,1-5H3,(H,103,118)(H,104,113)(H,105,110)(H,107,114)(H,111,112)(H,120,121)(H3,101,102,117)/t82-,83-,90-,98-/m0/s1. The van der Waals surface area contributed by atoms with E-state index in [1.54, 1.807) is 27.7 Å². The molecule has 0 fully saturated rings. The molecule has 2 aromatic heterocycles. The molecule has 0 spiro atoms. The van der Waals surface area contributed by atoms with Gasteiger partial charge in [-0.1, -0.05) is 26.8 Å². The highest BCUT2D eigenvalue weighted by molar-refractivity contribution is 7.47. The van der Waals surface area contributed by atoms with Gasteiger partial charge >= 0.3 is 31.8 Å². The molecule has 0 bridgehead atoms. The third kappa shape index (κ3) is 51.5. The Morgan fingerprint density at radius 1 is 0.550 bits per heavy atom. The number of urea groups is 2.